The van der Waals surface area contributed by atoms with Gasteiger partial charge in [0.25, 0.3) is 0 Å². The van der Waals surface area contributed by atoms with Crippen molar-refractivity contribution in [2.45, 2.75) is 56.6 Å². The number of sulfone groups is 1. The molecule has 9 heteroatoms. The van der Waals surface area contributed by atoms with Crippen molar-refractivity contribution in [3.63, 3.8) is 0 Å². The van der Waals surface area contributed by atoms with Crippen LogP contribution in [0.3, 0.4) is 0 Å². The molecule has 3 rings (SSSR count). The lowest BCUT2D eigenvalue weighted by Crippen LogP contribution is -2.11. The summed E-state index contributed by atoms with van der Waals surface area (Å²) in [6, 6.07) is 6.82. The number of hydrogen-bond donors (Lipinski definition) is 1. The number of rotatable bonds is 11. The van der Waals surface area contributed by atoms with Crippen LogP contribution in [0.5, 0.6) is 28.7 Å². The van der Waals surface area contributed by atoms with Crippen molar-refractivity contribution in [3.8, 4) is 28.7 Å². The smallest absolute Gasteiger partial charge is 0.203 e. The Hall–Kier alpha value is -2.65. The lowest BCUT2D eigenvalue weighted by atomic mass is 10.0. The average Bonchev–Trinajstić information content (AvgIpc) is 3.32. The van der Waals surface area contributed by atoms with Gasteiger partial charge in [0.15, 0.2) is 32.8 Å². The van der Waals surface area contributed by atoms with Gasteiger partial charge in [-0.05, 0) is 61.1 Å². The third-order valence-electron chi connectivity index (χ3n) is 5.77. The van der Waals surface area contributed by atoms with E-state index < -0.39 is 9.84 Å². The Labute approximate surface area is 201 Å². The third kappa shape index (κ3) is 5.36. The van der Waals surface area contributed by atoms with Crippen molar-refractivity contribution in [1.82, 2.24) is 0 Å². The number of ether oxygens (including phenoxy) is 5. The molecule has 1 aliphatic heterocycles. The summed E-state index contributed by atoms with van der Waals surface area (Å²) in [6.07, 6.45) is 1.87. The van der Waals surface area contributed by atoms with Crippen molar-refractivity contribution < 1.29 is 37.2 Å². The highest BCUT2D eigenvalue weighted by atomic mass is 32.2. The van der Waals surface area contributed by atoms with Gasteiger partial charge in [-0.3, -0.25) is 0 Å². The topological polar surface area (TPSA) is 101 Å². The molecule has 0 aromatic heterocycles. The normalized spacial score (nSPS) is 18.0. The SMILES string of the molecule is CCCOc1c(O)cc([C@@H]2CC[C@@H](c3cc(OC)c(OC)c(OC)c3)O2)cc1S(=O)(=O)CCC. The predicted octanol–water partition coefficient (Wildman–Crippen LogP) is 4.98. The van der Waals surface area contributed by atoms with Crippen LogP contribution in [0.15, 0.2) is 29.2 Å². The van der Waals surface area contributed by atoms with E-state index in [0.717, 1.165) is 5.56 Å². The minimum atomic E-state index is -3.62. The molecule has 0 bridgehead atoms. The Balaban J connectivity index is 1.95. The first-order chi connectivity index (χ1) is 16.3. The summed E-state index contributed by atoms with van der Waals surface area (Å²) in [6.45, 7) is 4.03. The van der Waals surface area contributed by atoms with Crippen LogP contribution in [0.2, 0.25) is 0 Å². The summed E-state index contributed by atoms with van der Waals surface area (Å²) in [5, 5.41) is 10.7. The van der Waals surface area contributed by atoms with E-state index in [2.05, 4.69) is 0 Å². The van der Waals surface area contributed by atoms with Gasteiger partial charge in [0.05, 0.1) is 45.9 Å². The van der Waals surface area contributed by atoms with Crippen LogP contribution in [0.1, 0.15) is 62.9 Å². The molecule has 0 radical (unpaired) electrons. The first-order valence-corrected chi connectivity index (χ1v) is 13.1. The second-order valence-electron chi connectivity index (χ2n) is 8.18. The van der Waals surface area contributed by atoms with Crippen LogP contribution in [-0.4, -0.2) is 47.2 Å². The highest BCUT2D eigenvalue weighted by molar-refractivity contribution is 7.91. The predicted molar refractivity (Wildman–Crippen MR) is 128 cm³/mol. The largest absolute Gasteiger partial charge is 0.504 e. The first-order valence-electron chi connectivity index (χ1n) is 11.5. The average molecular weight is 495 g/mol. The minimum absolute atomic E-state index is 0.0117. The quantitative estimate of drug-likeness (QED) is 0.467. The summed E-state index contributed by atoms with van der Waals surface area (Å²) in [4.78, 5) is 0.0117. The molecular formula is C25H34O8S. The summed E-state index contributed by atoms with van der Waals surface area (Å²) < 4.78 is 54.1. The Morgan fingerprint density at radius 2 is 1.47 bits per heavy atom. The fraction of sp³-hybridized carbons (Fsp3) is 0.520. The Morgan fingerprint density at radius 3 is 1.97 bits per heavy atom. The van der Waals surface area contributed by atoms with Crippen molar-refractivity contribution >= 4 is 9.84 Å². The molecule has 0 spiro atoms. The lowest BCUT2D eigenvalue weighted by Gasteiger charge is -2.20. The Kier molecular flexibility index (Phi) is 8.54. The molecule has 188 valence electrons. The van der Waals surface area contributed by atoms with E-state index in [1.807, 2.05) is 19.1 Å². The highest BCUT2D eigenvalue weighted by Crippen LogP contribution is 2.47. The van der Waals surface area contributed by atoms with E-state index in [-0.39, 0.29) is 34.4 Å². The molecule has 1 saturated heterocycles. The van der Waals surface area contributed by atoms with Crippen LogP contribution < -0.4 is 18.9 Å². The van der Waals surface area contributed by atoms with E-state index in [1.54, 1.807) is 34.3 Å². The molecule has 1 N–H and O–H groups in total. The van der Waals surface area contributed by atoms with Crippen LogP contribution in [0.4, 0.5) is 0 Å². The summed E-state index contributed by atoms with van der Waals surface area (Å²) in [5.41, 5.74) is 1.47. The molecular weight excluding hydrogens is 460 g/mol. The zero-order valence-electron chi connectivity index (χ0n) is 20.4. The van der Waals surface area contributed by atoms with E-state index in [4.69, 9.17) is 23.7 Å². The molecule has 1 fully saturated rings. The Bertz CT molecular complexity index is 1070. The van der Waals surface area contributed by atoms with Gasteiger partial charge in [-0.15, -0.1) is 0 Å². The second-order valence-corrected chi connectivity index (χ2v) is 10.3. The van der Waals surface area contributed by atoms with E-state index in [1.165, 1.54) is 6.07 Å². The fourth-order valence-corrected chi connectivity index (χ4v) is 5.69. The van der Waals surface area contributed by atoms with Gasteiger partial charge in [-0.25, -0.2) is 8.42 Å². The molecule has 2 aromatic rings. The molecule has 34 heavy (non-hydrogen) atoms. The maximum atomic E-state index is 13.0. The van der Waals surface area contributed by atoms with E-state index >= 15 is 0 Å². The van der Waals surface area contributed by atoms with Crippen LogP contribution in [0, 0.1) is 0 Å². The van der Waals surface area contributed by atoms with E-state index in [9.17, 15) is 13.5 Å². The van der Waals surface area contributed by atoms with Gasteiger partial charge in [-0.2, -0.15) is 0 Å². The molecule has 1 aliphatic rings. The zero-order chi connectivity index (χ0) is 24.9. The van der Waals surface area contributed by atoms with Gasteiger partial charge >= 0.3 is 0 Å². The van der Waals surface area contributed by atoms with Crippen molar-refractivity contribution in [2.75, 3.05) is 33.7 Å². The molecule has 8 nitrogen and oxygen atoms in total. The summed E-state index contributed by atoms with van der Waals surface area (Å²) >= 11 is 0. The number of phenols is 1. The maximum absolute atomic E-state index is 13.0. The minimum Gasteiger partial charge on any atom is -0.504 e. The summed E-state index contributed by atoms with van der Waals surface area (Å²) in [5.74, 6) is 1.36. The molecule has 0 unspecified atom stereocenters. The monoisotopic (exact) mass is 494 g/mol. The van der Waals surface area contributed by atoms with Crippen molar-refractivity contribution in [3.05, 3.63) is 35.4 Å². The van der Waals surface area contributed by atoms with Gasteiger partial charge in [0.1, 0.15) is 4.90 Å². The number of methoxy groups -OCH3 is 3. The standard InChI is InChI=1S/C25H34O8S/c1-6-10-32-24-18(26)12-16(15-23(24)34(27,28)11-7-2)19-8-9-20(33-19)17-13-21(29-3)25(31-5)22(14-17)30-4/h12-15,19-20,26H,6-11H2,1-5H3/t19-,20-/m0/s1. The van der Waals surface area contributed by atoms with Crippen LogP contribution in [0.25, 0.3) is 0 Å². The second kappa shape index (κ2) is 11.2. The van der Waals surface area contributed by atoms with Crippen LogP contribution >= 0.6 is 0 Å². The van der Waals surface area contributed by atoms with Gasteiger partial charge in [0.2, 0.25) is 5.75 Å². The number of hydrogen-bond acceptors (Lipinski definition) is 8. The number of benzene rings is 2. The molecule has 2 aromatic carbocycles. The molecule has 0 saturated carbocycles. The van der Waals surface area contributed by atoms with Gasteiger partial charge in [0, 0.05) is 0 Å². The van der Waals surface area contributed by atoms with Gasteiger partial charge < -0.3 is 28.8 Å². The molecule has 1 heterocycles. The van der Waals surface area contributed by atoms with Crippen molar-refractivity contribution in [2.24, 2.45) is 0 Å². The van der Waals surface area contributed by atoms with Gasteiger partial charge in [-0.1, -0.05) is 13.8 Å². The highest BCUT2D eigenvalue weighted by Gasteiger charge is 2.32. The number of aromatic hydroxyl groups is 1. The molecule has 0 aliphatic carbocycles. The molecule has 0 amide bonds. The zero-order valence-corrected chi connectivity index (χ0v) is 21.2. The van der Waals surface area contributed by atoms with Crippen molar-refractivity contribution in [1.29, 1.82) is 0 Å². The Morgan fingerprint density at radius 1 is 0.882 bits per heavy atom. The number of phenolic OH excluding ortho intramolecular Hbond substituents is 1. The first kappa shape index (κ1) is 26.0. The third-order valence-corrected chi connectivity index (χ3v) is 7.69. The lowest BCUT2D eigenvalue weighted by molar-refractivity contribution is 0.0435. The van der Waals surface area contributed by atoms with Crippen LogP contribution in [-0.2, 0) is 14.6 Å². The fourth-order valence-electron chi connectivity index (χ4n) is 4.17. The van der Waals surface area contributed by atoms with E-state index in [0.29, 0.717) is 55.1 Å². The molecule has 2 atom stereocenters. The maximum Gasteiger partial charge on any atom is 0.203 e. The summed E-state index contributed by atoms with van der Waals surface area (Å²) in [7, 11) is 1.04.